The van der Waals surface area contributed by atoms with Gasteiger partial charge in [-0.25, -0.2) is 0 Å². The van der Waals surface area contributed by atoms with Crippen molar-refractivity contribution >= 4 is 6.34 Å². The summed E-state index contributed by atoms with van der Waals surface area (Å²) in [5, 5.41) is 0. The van der Waals surface area contributed by atoms with Crippen LogP contribution in [0.5, 0.6) is 0 Å². The first kappa shape index (κ1) is 13.9. The zero-order valence-corrected chi connectivity index (χ0v) is 12.4. The molecule has 0 N–H and O–H groups in total. The molecule has 2 heteroatoms. The van der Waals surface area contributed by atoms with Crippen LogP contribution in [0.2, 0.25) is 0 Å². The first-order valence-corrected chi connectivity index (χ1v) is 8.21. The van der Waals surface area contributed by atoms with Gasteiger partial charge in [0.15, 0.2) is 0 Å². The van der Waals surface area contributed by atoms with Crippen molar-refractivity contribution in [2.24, 2.45) is 0 Å². The van der Waals surface area contributed by atoms with Crippen LogP contribution < -0.4 is 0 Å². The first-order chi connectivity index (χ1) is 8.85. The SMILES string of the molecule is CCCC(CCC)N1C=[N+](C2CCCCC2)CC1. The molecule has 0 aromatic rings. The Labute approximate surface area is 113 Å². The maximum absolute atomic E-state index is 2.65. The lowest BCUT2D eigenvalue weighted by atomic mass is 9.95. The van der Waals surface area contributed by atoms with Crippen molar-refractivity contribution in [3.8, 4) is 0 Å². The molecule has 0 aromatic heterocycles. The Hall–Kier alpha value is -0.530. The summed E-state index contributed by atoms with van der Waals surface area (Å²) in [6.07, 6.45) is 15.1. The van der Waals surface area contributed by atoms with Crippen molar-refractivity contribution in [2.45, 2.75) is 83.7 Å². The van der Waals surface area contributed by atoms with Crippen LogP contribution in [0.15, 0.2) is 0 Å². The molecule has 0 atom stereocenters. The smallest absolute Gasteiger partial charge is 0.234 e. The summed E-state index contributed by atoms with van der Waals surface area (Å²) >= 11 is 0. The summed E-state index contributed by atoms with van der Waals surface area (Å²) in [4.78, 5) is 2.64. The van der Waals surface area contributed by atoms with Gasteiger partial charge >= 0.3 is 0 Å². The lowest BCUT2D eigenvalue weighted by molar-refractivity contribution is -0.557. The lowest BCUT2D eigenvalue weighted by Gasteiger charge is -2.21. The van der Waals surface area contributed by atoms with Crippen molar-refractivity contribution in [3.63, 3.8) is 0 Å². The van der Waals surface area contributed by atoms with E-state index in [4.69, 9.17) is 0 Å². The van der Waals surface area contributed by atoms with Gasteiger partial charge in [0.25, 0.3) is 0 Å². The van der Waals surface area contributed by atoms with Crippen molar-refractivity contribution in [2.75, 3.05) is 13.1 Å². The van der Waals surface area contributed by atoms with Gasteiger partial charge in [0.05, 0.1) is 12.1 Å². The molecule has 2 rings (SSSR count). The van der Waals surface area contributed by atoms with Crippen LogP contribution in [-0.4, -0.2) is 41.0 Å². The van der Waals surface area contributed by atoms with Crippen LogP contribution in [0.4, 0.5) is 0 Å². The number of nitrogens with zero attached hydrogens (tertiary/aromatic N) is 2. The fourth-order valence-corrected chi connectivity index (χ4v) is 3.65. The Morgan fingerprint density at radius 3 is 2.39 bits per heavy atom. The van der Waals surface area contributed by atoms with Crippen LogP contribution in [0.3, 0.4) is 0 Å². The second-order valence-corrected chi connectivity index (χ2v) is 6.11. The Morgan fingerprint density at radius 1 is 1.11 bits per heavy atom. The zero-order valence-electron chi connectivity index (χ0n) is 12.4. The molecule has 1 aliphatic heterocycles. The van der Waals surface area contributed by atoms with Crippen molar-refractivity contribution in [3.05, 3.63) is 0 Å². The third-order valence-electron chi connectivity index (χ3n) is 4.67. The minimum atomic E-state index is 0.800. The minimum Gasteiger partial charge on any atom is -0.262 e. The predicted molar refractivity (Wildman–Crippen MR) is 78.4 cm³/mol. The molecule has 18 heavy (non-hydrogen) atoms. The first-order valence-electron chi connectivity index (χ1n) is 8.21. The number of hydrogen-bond donors (Lipinski definition) is 0. The molecule has 0 spiro atoms. The molecule has 0 saturated heterocycles. The molecule has 1 saturated carbocycles. The second kappa shape index (κ2) is 7.16. The largest absolute Gasteiger partial charge is 0.262 e. The van der Waals surface area contributed by atoms with Gasteiger partial charge in [0.1, 0.15) is 13.1 Å². The van der Waals surface area contributed by atoms with Crippen LogP contribution in [0.25, 0.3) is 0 Å². The minimum absolute atomic E-state index is 0.800. The quantitative estimate of drug-likeness (QED) is 0.653. The molecule has 1 fully saturated rings. The third-order valence-corrected chi connectivity index (χ3v) is 4.67. The van der Waals surface area contributed by atoms with E-state index in [1.54, 1.807) is 0 Å². The van der Waals surface area contributed by atoms with E-state index in [-0.39, 0.29) is 0 Å². The molecule has 0 radical (unpaired) electrons. The van der Waals surface area contributed by atoms with Gasteiger partial charge < -0.3 is 0 Å². The van der Waals surface area contributed by atoms with E-state index < -0.39 is 0 Å². The molecular formula is C16H31N2+. The third kappa shape index (κ3) is 3.49. The van der Waals surface area contributed by atoms with Crippen LogP contribution in [0, 0.1) is 0 Å². The van der Waals surface area contributed by atoms with Gasteiger partial charge in [0, 0.05) is 0 Å². The monoisotopic (exact) mass is 251 g/mol. The summed E-state index contributed by atoms with van der Waals surface area (Å²) < 4.78 is 2.65. The van der Waals surface area contributed by atoms with Gasteiger partial charge in [-0.15, -0.1) is 0 Å². The summed E-state index contributed by atoms with van der Waals surface area (Å²) in [6, 6.07) is 1.65. The molecular weight excluding hydrogens is 220 g/mol. The summed E-state index contributed by atoms with van der Waals surface area (Å²) in [7, 11) is 0. The van der Waals surface area contributed by atoms with E-state index in [1.807, 2.05) is 0 Å². The molecule has 0 aromatic carbocycles. The maximum Gasteiger partial charge on any atom is 0.234 e. The molecule has 0 unspecified atom stereocenters. The van der Waals surface area contributed by atoms with E-state index >= 15 is 0 Å². The Balaban J connectivity index is 1.92. The van der Waals surface area contributed by atoms with Gasteiger partial charge in [-0.1, -0.05) is 33.1 Å². The average molecular weight is 251 g/mol. The maximum atomic E-state index is 2.65. The summed E-state index contributed by atoms with van der Waals surface area (Å²) in [5.74, 6) is 0. The second-order valence-electron chi connectivity index (χ2n) is 6.11. The van der Waals surface area contributed by atoms with Crippen LogP contribution in [0.1, 0.15) is 71.6 Å². The van der Waals surface area contributed by atoms with Crippen LogP contribution in [-0.2, 0) is 0 Å². The molecule has 2 aliphatic rings. The normalized spacial score (nSPS) is 21.7. The average Bonchev–Trinajstić information content (AvgIpc) is 2.89. The van der Waals surface area contributed by atoms with Gasteiger partial charge in [-0.05, 0) is 38.5 Å². The van der Waals surface area contributed by atoms with E-state index in [2.05, 4.69) is 29.7 Å². The standard InChI is InChI=1S/C16H31N2/c1-3-8-15(9-4-2)17-12-13-18(14-17)16-10-6-5-7-11-16/h14-16H,3-13H2,1-2H3/q+1. The van der Waals surface area contributed by atoms with Gasteiger partial charge in [-0.3, -0.25) is 9.48 Å². The Morgan fingerprint density at radius 2 is 1.78 bits per heavy atom. The topological polar surface area (TPSA) is 6.25 Å². The fourth-order valence-electron chi connectivity index (χ4n) is 3.65. The highest BCUT2D eigenvalue weighted by molar-refractivity contribution is 5.51. The molecule has 1 aliphatic carbocycles. The van der Waals surface area contributed by atoms with Crippen molar-refractivity contribution in [1.82, 2.24) is 4.90 Å². The number of hydrogen-bond acceptors (Lipinski definition) is 1. The molecule has 1 heterocycles. The molecule has 0 amide bonds. The van der Waals surface area contributed by atoms with Crippen molar-refractivity contribution in [1.29, 1.82) is 0 Å². The Kier molecular flexibility index (Phi) is 5.52. The highest BCUT2D eigenvalue weighted by atomic mass is 15.3. The number of rotatable bonds is 6. The predicted octanol–water partition coefficient (Wildman–Crippen LogP) is 3.64. The fraction of sp³-hybridized carbons (Fsp3) is 0.938. The summed E-state index contributed by atoms with van der Waals surface area (Å²) in [6.45, 7) is 7.17. The molecule has 0 bridgehead atoms. The lowest BCUT2D eigenvalue weighted by Crippen LogP contribution is -2.33. The highest BCUT2D eigenvalue weighted by Crippen LogP contribution is 2.22. The van der Waals surface area contributed by atoms with Crippen LogP contribution >= 0.6 is 0 Å². The van der Waals surface area contributed by atoms with E-state index in [0.717, 1.165) is 12.1 Å². The summed E-state index contributed by atoms with van der Waals surface area (Å²) in [5.41, 5.74) is 0. The van der Waals surface area contributed by atoms with Gasteiger partial charge in [-0.2, -0.15) is 0 Å². The molecule has 104 valence electrons. The highest BCUT2D eigenvalue weighted by Gasteiger charge is 2.30. The van der Waals surface area contributed by atoms with E-state index in [0.29, 0.717) is 0 Å². The Bertz CT molecular complexity index is 260. The van der Waals surface area contributed by atoms with Crippen molar-refractivity contribution < 1.29 is 4.58 Å². The van der Waals surface area contributed by atoms with E-state index in [9.17, 15) is 0 Å². The van der Waals surface area contributed by atoms with E-state index in [1.165, 1.54) is 70.9 Å². The van der Waals surface area contributed by atoms with Gasteiger partial charge in [0.2, 0.25) is 6.34 Å². The zero-order chi connectivity index (χ0) is 12.8. The molecule has 2 nitrogen and oxygen atoms in total.